The molecule has 1 fully saturated rings. The third-order valence-corrected chi connectivity index (χ3v) is 5.41. The van der Waals surface area contributed by atoms with Gasteiger partial charge in [-0.1, -0.05) is 37.3 Å². The van der Waals surface area contributed by atoms with E-state index in [-0.39, 0.29) is 24.3 Å². The van der Waals surface area contributed by atoms with E-state index in [1.165, 1.54) is 12.8 Å². The highest BCUT2D eigenvalue weighted by Crippen LogP contribution is 2.31. The normalized spacial score (nSPS) is 15.2. The van der Waals surface area contributed by atoms with Crippen molar-refractivity contribution in [2.75, 3.05) is 19.0 Å². The van der Waals surface area contributed by atoms with E-state index in [4.69, 9.17) is 16.3 Å². The smallest absolute Gasteiger partial charge is 0.226 e. The fourth-order valence-electron chi connectivity index (χ4n) is 3.53. The molecule has 1 aromatic rings. The molecular weight excluding hydrogens is 352 g/mol. The highest BCUT2D eigenvalue weighted by molar-refractivity contribution is 6.31. The van der Waals surface area contributed by atoms with E-state index in [1.807, 2.05) is 11.8 Å². The molecule has 26 heavy (non-hydrogen) atoms. The monoisotopic (exact) mass is 380 g/mol. The highest BCUT2D eigenvalue weighted by Gasteiger charge is 2.23. The molecule has 0 radical (unpaired) electrons. The first-order valence-corrected chi connectivity index (χ1v) is 9.71. The predicted octanol–water partition coefficient (Wildman–Crippen LogP) is 4.56. The number of anilines is 1. The molecule has 0 unspecified atom stereocenters. The molecule has 0 heterocycles. The summed E-state index contributed by atoms with van der Waals surface area (Å²) in [6.45, 7) is 3.91. The number of nitrogens with one attached hydrogen (secondary N) is 1. The van der Waals surface area contributed by atoms with Crippen LogP contribution < -0.4 is 10.1 Å². The number of hydrogen-bond donors (Lipinski definition) is 1. The van der Waals surface area contributed by atoms with Crippen molar-refractivity contribution in [3.05, 3.63) is 22.7 Å². The molecule has 0 aromatic heterocycles. The van der Waals surface area contributed by atoms with E-state index in [0.29, 0.717) is 23.0 Å². The molecule has 0 aliphatic heterocycles. The summed E-state index contributed by atoms with van der Waals surface area (Å²) in [7, 11) is 1.54. The van der Waals surface area contributed by atoms with Crippen LogP contribution in [0, 0.1) is 6.92 Å². The van der Waals surface area contributed by atoms with E-state index >= 15 is 0 Å². The van der Waals surface area contributed by atoms with Gasteiger partial charge in [0.1, 0.15) is 5.75 Å². The summed E-state index contributed by atoms with van der Waals surface area (Å²) in [6, 6.07) is 3.75. The van der Waals surface area contributed by atoms with Gasteiger partial charge in [-0.3, -0.25) is 9.59 Å². The van der Waals surface area contributed by atoms with Gasteiger partial charge in [0.15, 0.2) is 0 Å². The van der Waals surface area contributed by atoms with Crippen molar-refractivity contribution >= 4 is 29.1 Å². The van der Waals surface area contributed by atoms with E-state index in [1.54, 1.807) is 26.2 Å². The van der Waals surface area contributed by atoms with Gasteiger partial charge in [0, 0.05) is 37.0 Å². The van der Waals surface area contributed by atoms with Gasteiger partial charge in [-0.15, -0.1) is 0 Å². The molecule has 0 spiro atoms. The Hall–Kier alpha value is -1.75. The van der Waals surface area contributed by atoms with Crippen LogP contribution in [-0.4, -0.2) is 36.4 Å². The lowest BCUT2D eigenvalue weighted by Gasteiger charge is -2.30. The topological polar surface area (TPSA) is 58.6 Å². The number of methoxy groups -OCH3 is 1. The number of benzene rings is 1. The molecule has 0 bridgehead atoms. The van der Waals surface area contributed by atoms with Crippen LogP contribution in [0.15, 0.2) is 12.1 Å². The summed E-state index contributed by atoms with van der Waals surface area (Å²) >= 11 is 6.10. The van der Waals surface area contributed by atoms with Crippen molar-refractivity contribution in [2.24, 2.45) is 0 Å². The van der Waals surface area contributed by atoms with Crippen LogP contribution in [0.25, 0.3) is 0 Å². The van der Waals surface area contributed by atoms with Gasteiger partial charge in [0.25, 0.3) is 0 Å². The molecule has 1 N–H and O–H groups in total. The average molecular weight is 381 g/mol. The average Bonchev–Trinajstić information content (AvgIpc) is 2.87. The van der Waals surface area contributed by atoms with Crippen LogP contribution in [0.4, 0.5) is 5.69 Å². The summed E-state index contributed by atoms with van der Waals surface area (Å²) in [6.07, 6.45) is 7.11. The fourth-order valence-corrected chi connectivity index (χ4v) is 3.68. The van der Waals surface area contributed by atoms with Crippen molar-refractivity contribution in [3.63, 3.8) is 0 Å². The molecule has 0 atom stereocenters. The van der Waals surface area contributed by atoms with Gasteiger partial charge in [-0.25, -0.2) is 0 Å². The Bertz CT molecular complexity index is 640. The number of aryl methyl sites for hydroxylation is 1. The van der Waals surface area contributed by atoms with Crippen LogP contribution >= 0.6 is 11.6 Å². The highest BCUT2D eigenvalue weighted by atomic mass is 35.5. The number of nitrogens with zero attached hydrogens (tertiary/aromatic N) is 1. The zero-order valence-electron chi connectivity index (χ0n) is 15.9. The summed E-state index contributed by atoms with van der Waals surface area (Å²) < 4.78 is 5.29. The molecule has 5 nitrogen and oxygen atoms in total. The third-order valence-electron chi connectivity index (χ3n) is 5.00. The molecule has 1 aliphatic rings. The van der Waals surface area contributed by atoms with Crippen molar-refractivity contribution in [2.45, 2.75) is 64.8 Å². The number of halogens is 1. The minimum absolute atomic E-state index is 0.0459. The maximum Gasteiger partial charge on any atom is 0.226 e. The van der Waals surface area contributed by atoms with Gasteiger partial charge in [0.2, 0.25) is 11.8 Å². The first-order valence-electron chi connectivity index (χ1n) is 9.33. The van der Waals surface area contributed by atoms with Crippen molar-refractivity contribution in [3.8, 4) is 5.75 Å². The maximum absolute atomic E-state index is 12.4. The molecule has 0 saturated heterocycles. The van der Waals surface area contributed by atoms with Gasteiger partial charge in [-0.2, -0.15) is 0 Å². The Kier molecular flexibility index (Phi) is 7.76. The number of hydrogen-bond acceptors (Lipinski definition) is 3. The molecular formula is C20H29ClN2O3. The number of amides is 2. The second kappa shape index (κ2) is 9.81. The lowest BCUT2D eigenvalue weighted by Crippen LogP contribution is -2.40. The van der Waals surface area contributed by atoms with Crippen LogP contribution in [0.5, 0.6) is 5.75 Å². The van der Waals surface area contributed by atoms with Crippen LogP contribution in [-0.2, 0) is 9.59 Å². The number of ether oxygens (including phenoxy) is 1. The minimum atomic E-state index is -0.134. The molecule has 2 rings (SSSR count). The Balaban J connectivity index is 1.98. The van der Waals surface area contributed by atoms with E-state index in [2.05, 4.69) is 5.32 Å². The van der Waals surface area contributed by atoms with Gasteiger partial charge in [-0.05, 0) is 31.4 Å². The van der Waals surface area contributed by atoms with Gasteiger partial charge >= 0.3 is 0 Å². The first-order chi connectivity index (χ1) is 12.4. The summed E-state index contributed by atoms with van der Waals surface area (Å²) in [5, 5.41) is 3.47. The second-order valence-electron chi connectivity index (χ2n) is 6.96. The van der Waals surface area contributed by atoms with Crippen molar-refractivity contribution < 1.29 is 14.3 Å². The zero-order valence-corrected chi connectivity index (χ0v) is 16.7. The van der Waals surface area contributed by atoms with Crippen LogP contribution in [0.3, 0.4) is 0 Å². The number of rotatable bonds is 6. The van der Waals surface area contributed by atoms with E-state index in [0.717, 1.165) is 31.2 Å². The lowest BCUT2D eigenvalue weighted by atomic mass is 10.1. The minimum Gasteiger partial charge on any atom is -0.495 e. The standard InChI is InChI=1S/C20H29ClN2O3/c1-14-12-18(19(26-3)13-17(14)21)22-20(25)10-11-23(15(2)24)16-8-6-4-5-7-9-16/h12-13,16H,4-11H2,1-3H3,(H,22,25). The SMILES string of the molecule is COc1cc(Cl)c(C)cc1NC(=O)CCN(C(C)=O)C1CCCCCC1. The van der Waals surface area contributed by atoms with Crippen LogP contribution in [0.2, 0.25) is 5.02 Å². The summed E-state index contributed by atoms with van der Waals surface area (Å²) in [4.78, 5) is 26.4. The van der Waals surface area contributed by atoms with Crippen LogP contribution in [0.1, 0.15) is 57.4 Å². The molecule has 2 amide bonds. The molecule has 1 aromatic carbocycles. The molecule has 1 aliphatic carbocycles. The summed E-state index contributed by atoms with van der Waals surface area (Å²) in [5.74, 6) is 0.440. The molecule has 144 valence electrons. The maximum atomic E-state index is 12.4. The van der Waals surface area contributed by atoms with Gasteiger partial charge < -0.3 is 15.0 Å². The van der Waals surface area contributed by atoms with E-state index in [9.17, 15) is 9.59 Å². The Morgan fingerprint density at radius 1 is 1.23 bits per heavy atom. The Morgan fingerprint density at radius 2 is 1.88 bits per heavy atom. The van der Waals surface area contributed by atoms with Crippen molar-refractivity contribution in [1.82, 2.24) is 4.90 Å². The number of carbonyl (C=O) groups is 2. The molecule has 1 saturated carbocycles. The Labute approximate surface area is 161 Å². The largest absolute Gasteiger partial charge is 0.495 e. The van der Waals surface area contributed by atoms with E-state index < -0.39 is 0 Å². The number of carbonyl (C=O) groups excluding carboxylic acids is 2. The first kappa shape index (κ1) is 20.6. The zero-order chi connectivity index (χ0) is 19.1. The fraction of sp³-hybridized carbons (Fsp3) is 0.600. The van der Waals surface area contributed by atoms with Crippen molar-refractivity contribution in [1.29, 1.82) is 0 Å². The second-order valence-corrected chi connectivity index (χ2v) is 7.36. The van der Waals surface area contributed by atoms with Gasteiger partial charge in [0.05, 0.1) is 12.8 Å². The molecule has 6 heteroatoms. The predicted molar refractivity (Wildman–Crippen MR) is 105 cm³/mol. The lowest BCUT2D eigenvalue weighted by molar-refractivity contribution is -0.131. The quantitative estimate of drug-likeness (QED) is 0.736. The Morgan fingerprint density at radius 3 is 2.46 bits per heavy atom. The third kappa shape index (κ3) is 5.63. The summed E-state index contributed by atoms with van der Waals surface area (Å²) in [5.41, 5.74) is 1.47.